The number of carbonyl (C=O) groups is 1. The molecule has 0 bridgehead atoms. The second kappa shape index (κ2) is 8.54. The van der Waals surface area contributed by atoms with Crippen LogP contribution in [0.5, 0.6) is 0 Å². The van der Waals surface area contributed by atoms with Gasteiger partial charge in [0, 0.05) is 12.6 Å². The van der Waals surface area contributed by atoms with E-state index in [0.717, 1.165) is 31.5 Å². The van der Waals surface area contributed by atoms with Gasteiger partial charge in [0.05, 0.1) is 6.54 Å². The fraction of sp³-hybridized carbons (Fsp3) is 0.933. The van der Waals surface area contributed by atoms with Crippen LogP contribution in [0.25, 0.3) is 0 Å². The molecule has 0 spiro atoms. The molecule has 1 N–H and O–H groups in total. The maximum atomic E-state index is 11.5. The molecule has 0 aliphatic heterocycles. The first kappa shape index (κ1) is 16.4. The molecule has 1 aliphatic carbocycles. The number of carbonyl (C=O) groups excluding carboxylic acids is 1. The minimum absolute atomic E-state index is 0.124. The Morgan fingerprint density at radius 1 is 1.16 bits per heavy atom. The van der Waals surface area contributed by atoms with E-state index in [1.807, 2.05) is 19.0 Å². The number of hydrogen-bond acceptors (Lipinski definition) is 3. The van der Waals surface area contributed by atoms with E-state index in [2.05, 4.69) is 24.2 Å². The van der Waals surface area contributed by atoms with Gasteiger partial charge in [-0.15, -0.1) is 0 Å². The van der Waals surface area contributed by atoms with E-state index in [9.17, 15) is 4.79 Å². The van der Waals surface area contributed by atoms with Crippen LogP contribution >= 0.6 is 0 Å². The van der Waals surface area contributed by atoms with Gasteiger partial charge < -0.3 is 15.1 Å². The van der Waals surface area contributed by atoms with Gasteiger partial charge in [0.25, 0.3) is 0 Å². The summed E-state index contributed by atoms with van der Waals surface area (Å²) >= 11 is 0. The van der Waals surface area contributed by atoms with E-state index >= 15 is 0 Å². The Kier molecular flexibility index (Phi) is 7.39. The van der Waals surface area contributed by atoms with Gasteiger partial charge in [-0.25, -0.2) is 0 Å². The van der Waals surface area contributed by atoms with Gasteiger partial charge in [-0.2, -0.15) is 0 Å². The summed E-state index contributed by atoms with van der Waals surface area (Å²) in [6.07, 6.45) is 6.46. The first-order chi connectivity index (χ1) is 8.99. The lowest BCUT2D eigenvalue weighted by Crippen LogP contribution is -2.38. The zero-order valence-electron chi connectivity index (χ0n) is 13.1. The Labute approximate surface area is 118 Å². The molecular weight excluding hydrogens is 238 g/mol. The Morgan fingerprint density at radius 2 is 1.79 bits per heavy atom. The summed E-state index contributed by atoms with van der Waals surface area (Å²) in [5.41, 5.74) is 0. The standard InChI is InChI=1S/C15H31N3O/c1-13-6-8-14(9-7-13)18(4)11-5-10-16-15(19)12-17(2)3/h13-14H,5-12H2,1-4H3,(H,16,19)/t13-,14-. The van der Waals surface area contributed by atoms with E-state index in [1.54, 1.807) is 0 Å². The van der Waals surface area contributed by atoms with Crippen LogP contribution in [0.3, 0.4) is 0 Å². The molecule has 19 heavy (non-hydrogen) atoms. The largest absolute Gasteiger partial charge is 0.355 e. The molecule has 0 aromatic heterocycles. The molecule has 112 valence electrons. The third-order valence-corrected chi connectivity index (χ3v) is 4.08. The van der Waals surface area contributed by atoms with Crippen LogP contribution in [-0.2, 0) is 4.79 Å². The highest BCUT2D eigenvalue weighted by atomic mass is 16.1. The van der Waals surface area contributed by atoms with Crippen LogP contribution in [-0.4, -0.2) is 62.5 Å². The zero-order valence-corrected chi connectivity index (χ0v) is 13.1. The van der Waals surface area contributed by atoms with Crippen molar-refractivity contribution in [2.24, 2.45) is 5.92 Å². The number of nitrogens with one attached hydrogen (secondary N) is 1. The van der Waals surface area contributed by atoms with Crippen LogP contribution in [0.15, 0.2) is 0 Å². The average Bonchev–Trinajstić information content (AvgIpc) is 2.34. The Balaban J connectivity index is 2.07. The summed E-state index contributed by atoms with van der Waals surface area (Å²) in [7, 11) is 6.05. The van der Waals surface area contributed by atoms with Crippen LogP contribution in [0.4, 0.5) is 0 Å². The van der Waals surface area contributed by atoms with Crippen LogP contribution in [0.1, 0.15) is 39.0 Å². The van der Waals surface area contributed by atoms with Gasteiger partial charge in [0.2, 0.25) is 5.91 Å². The first-order valence-electron chi connectivity index (χ1n) is 7.60. The molecule has 4 nitrogen and oxygen atoms in total. The lowest BCUT2D eigenvalue weighted by atomic mass is 9.87. The lowest BCUT2D eigenvalue weighted by Gasteiger charge is -2.33. The van der Waals surface area contributed by atoms with Crippen LogP contribution < -0.4 is 5.32 Å². The highest BCUT2D eigenvalue weighted by Gasteiger charge is 2.21. The van der Waals surface area contributed by atoms with Crippen molar-refractivity contribution in [1.82, 2.24) is 15.1 Å². The smallest absolute Gasteiger partial charge is 0.234 e. The maximum absolute atomic E-state index is 11.5. The van der Waals surface area contributed by atoms with Gasteiger partial charge >= 0.3 is 0 Å². The SMILES string of the molecule is CN(C)CC(=O)NCCCN(C)[C@H]1CC[C@H](C)CC1. The van der Waals surface area contributed by atoms with Crippen molar-refractivity contribution in [2.75, 3.05) is 40.8 Å². The van der Waals surface area contributed by atoms with Crippen molar-refractivity contribution < 1.29 is 4.79 Å². The van der Waals surface area contributed by atoms with E-state index in [-0.39, 0.29) is 5.91 Å². The molecule has 1 fully saturated rings. The normalized spacial score (nSPS) is 23.9. The zero-order chi connectivity index (χ0) is 14.3. The van der Waals surface area contributed by atoms with Gasteiger partial charge in [-0.3, -0.25) is 4.79 Å². The molecule has 0 saturated heterocycles. The third kappa shape index (κ3) is 6.92. The van der Waals surface area contributed by atoms with Gasteiger partial charge in [-0.1, -0.05) is 6.92 Å². The monoisotopic (exact) mass is 269 g/mol. The number of rotatable bonds is 7. The molecule has 0 aromatic rings. The Morgan fingerprint density at radius 3 is 2.37 bits per heavy atom. The number of hydrogen-bond donors (Lipinski definition) is 1. The molecule has 0 heterocycles. The molecule has 1 amide bonds. The average molecular weight is 269 g/mol. The lowest BCUT2D eigenvalue weighted by molar-refractivity contribution is -0.121. The Bertz CT molecular complexity index is 260. The minimum Gasteiger partial charge on any atom is -0.355 e. The second-order valence-electron chi connectivity index (χ2n) is 6.34. The predicted molar refractivity (Wildman–Crippen MR) is 80.2 cm³/mol. The van der Waals surface area contributed by atoms with E-state index < -0.39 is 0 Å². The number of nitrogens with zero attached hydrogens (tertiary/aromatic N) is 2. The quantitative estimate of drug-likeness (QED) is 0.713. The minimum atomic E-state index is 0.124. The molecule has 4 heteroatoms. The molecule has 0 aromatic carbocycles. The fourth-order valence-corrected chi connectivity index (χ4v) is 2.77. The molecule has 1 aliphatic rings. The summed E-state index contributed by atoms with van der Waals surface area (Å²) in [6.45, 7) is 4.72. The third-order valence-electron chi connectivity index (χ3n) is 4.08. The molecule has 1 rings (SSSR count). The fourth-order valence-electron chi connectivity index (χ4n) is 2.77. The van der Waals surface area contributed by atoms with E-state index in [0.29, 0.717) is 6.54 Å². The molecule has 0 radical (unpaired) electrons. The van der Waals surface area contributed by atoms with Crippen molar-refractivity contribution in [3.8, 4) is 0 Å². The molecule has 1 saturated carbocycles. The van der Waals surface area contributed by atoms with Crippen LogP contribution in [0.2, 0.25) is 0 Å². The number of amides is 1. The van der Waals surface area contributed by atoms with E-state index in [4.69, 9.17) is 0 Å². The number of likely N-dealkylation sites (N-methyl/N-ethyl adjacent to an activating group) is 1. The summed E-state index contributed by atoms with van der Waals surface area (Å²) < 4.78 is 0. The topological polar surface area (TPSA) is 35.6 Å². The van der Waals surface area contributed by atoms with Gasteiger partial charge in [0.1, 0.15) is 0 Å². The van der Waals surface area contributed by atoms with E-state index in [1.165, 1.54) is 25.7 Å². The van der Waals surface area contributed by atoms with Crippen molar-refractivity contribution >= 4 is 5.91 Å². The maximum Gasteiger partial charge on any atom is 0.234 e. The van der Waals surface area contributed by atoms with Crippen LogP contribution in [0, 0.1) is 5.92 Å². The second-order valence-corrected chi connectivity index (χ2v) is 6.34. The molecule has 0 unspecified atom stereocenters. The van der Waals surface area contributed by atoms with Crippen molar-refractivity contribution in [3.63, 3.8) is 0 Å². The van der Waals surface area contributed by atoms with Crippen molar-refractivity contribution in [1.29, 1.82) is 0 Å². The summed E-state index contributed by atoms with van der Waals surface area (Å²) in [4.78, 5) is 15.8. The van der Waals surface area contributed by atoms with Gasteiger partial charge in [0.15, 0.2) is 0 Å². The molecular formula is C15H31N3O. The van der Waals surface area contributed by atoms with Crippen molar-refractivity contribution in [2.45, 2.75) is 45.1 Å². The molecule has 0 atom stereocenters. The Hall–Kier alpha value is -0.610. The summed E-state index contributed by atoms with van der Waals surface area (Å²) in [6, 6.07) is 0.758. The first-order valence-corrected chi connectivity index (χ1v) is 7.60. The summed E-state index contributed by atoms with van der Waals surface area (Å²) in [5, 5.41) is 2.97. The predicted octanol–water partition coefficient (Wildman–Crippen LogP) is 1.56. The highest BCUT2D eigenvalue weighted by Crippen LogP contribution is 2.26. The van der Waals surface area contributed by atoms with Gasteiger partial charge in [-0.05, 0) is 65.7 Å². The highest BCUT2D eigenvalue weighted by molar-refractivity contribution is 5.77. The summed E-state index contributed by atoms with van der Waals surface area (Å²) in [5.74, 6) is 1.04. The van der Waals surface area contributed by atoms with Crippen molar-refractivity contribution in [3.05, 3.63) is 0 Å².